The highest BCUT2D eigenvalue weighted by atomic mass is 32.2. The summed E-state index contributed by atoms with van der Waals surface area (Å²) in [5, 5.41) is 10.2. The third-order valence-corrected chi connectivity index (χ3v) is 11.5. The zero-order valence-electron chi connectivity index (χ0n) is 21.7. The largest absolute Gasteiger partial charge is 0.393 e. The van der Waals surface area contributed by atoms with Crippen molar-refractivity contribution in [2.75, 3.05) is 13.7 Å². The topological polar surface area (TPSA) is 72.8 Å². The lowest BCUT2D eigenvalue weighted by atomic mass is 9.61. The third-order valence-electron chi connectivity index (χ3n) is 10.2. The molecule has 1 N–H and O–H groups in total. The van der Waals surface area contributed by atoms with Crippen LogP contribution < -0.4 is 0 Å². The Morgan fingerprint density at radius 3 is 2.60 bits per heavy atom. The van der Waals surface area contributed by atoms with E-state index in [4.69, 9.17) is 8.92 Å². The van der Waals surface area contributed by atoms with Crippen molar-refractivity contribution >= 4 is 10.1 Å². The van der Waals surface area contributed by atoms with Crippen LogP contribution in [0, 0.1) is 41.4 Å². The Kier molecular flexibility index (Phi) is 6.74. The van der Waals surface area contributed by atoms with Crippen LogP contribution in [0.1, 0.15) is 70.8 Å². The molecule has 0 spiro atoms. The maximum Gasteiger partial charge on any atom is 0.296 e. The van der Waals surface area contributed by atoms with Crippen LogP contribution >= 0.6 is 0 Å². The average molecular weight is 503 g/mol. The first-order valence-electron chi connectivity index (χ1n) is 13.5. The Morgan fingerprint density at radius 1 is 1.20 bits per heavy atom. The van der Waals surface area contributed by atoms with Gasteiger partial charge in [0, 0.05) is 12.5 Å². The van der Waals surface area contributed by atoms with Gasteiger partial charge in [0.15, 0.2) is 0 Å². The van der Waals surface area contributed by atoms with Gasteiger partial charge in [-0.3, -0.25) is 4.18 Å². The van der Waals surface area contributed by atoms with Gasteiger partial charge in [0.05, 0.1) is 23.7 Å². The van der Waals surface area contributed by atoms with E-state index >= 15 is 0 Å². The van der Waals surface area contributed by atoms with E-state index in [1.165, 1.54) is 24.8 Å². The van der Waals surface area contributed by atoms with Crippen molar-refractivity contribution in [2.45, 2.75) is 89.2 Å². The van der Waals surface area contributed by atoms with Crippen molar-refractivity contribution in [1.29, 1.82) is 0 Å². The first-order valence-corrected chi connectivity index (χ1v) is 14.9. The molecule has 5 rings (SSSR count). The molecule has 194 valence electrons. The summed E-state index contributed by atoms with van der Waals surface area (Å²) in [5.41, 5.74) is 2.88. The van der Waals surface area contributed by atoms with E-state index < -0.39 is 10.1 Å². The maximum atomic E-state index is 12.8. The van der Waals surface area contributed by atoms with Gasteiger partial charge in [-0.25, -0.2) is 0 Å². The highest BCUT2D eigenvalue weighted by Gasteiger charge is 2.64. The molecule has 0 aliphatic heterocycles. The minimum Gasteiger partial charge on any atom is -0.393 e. The molecule has 0 bridgehead atoms. The predicted molar refractivity (Wildman–Crippen MR) is 136 cm³/mol. The van der Waals surface area contributed by atoms with Crippen LogP contribution in [0.15, 0.2) is 40.8 Å². The number of fused-ring (bicyclic) bond motifs is 2. The van der Waals surface area contributed by atoms with Gasteiger partial charge in [0.2, 0.25) is 0 Å². The van der Waals surface area contributed by atoms with E-state index in [-0.39, 0.29) is 40.5 Å². The number of allylic oxidation sites excluding steroid dienone is 1. The average Bonchev–Trinajstić information content (AvgIpc) is 3.19. The van der Waals surface area contributed by atoms with Crippen molar-refractivity contribution in [2.24, 2.45) is 34.5 Å². The molecule has 4 aliphatic carbocycles. The van der Waals surface area contributed by atoms with Crippen LogP contribution in [0.2, 0.25) is 0 Å². The minimum atomic E-state index is -3.75. The Morgan fingerprint density at radius 2 is 1.94 bits per heavy atom. The van der Waals surface area contributed by atoms with E-state index in [2.05, 4.69) is 19.9 Å². The molecule has 5 nitrogen and oxygen atoms in total. The molecule has 4 saturated carbocycles. The maximum absolute atomic E-state index is 12.8. The molecule has 4 fully saturated rings. The number of methoxy groups -OCH3 is 1. The van der Waals surface area contributed by atoms with Crippen LogP contribution in [-0.4, -0.2) is 39.4 Å². The fourth-order valence-electron chi connectivity index (χ4n) is 8.25. The summed E-state index contributed by atoms with van der Waals surface area (Å²) in [6.07, 6.45) is 11.1. The number of aliphatic hydroxyl groups excluding tert-OH is 1. The van der Waals surface area contributed by atoms with Crippen LogP contribution in [0.3, 0.4) is 0 Å². The van der Waals surface area contributed by atoms with Gasteiger partial charge in [-0.15, -0.1) is 0 Å². The Labute approximate surface area is 211 Å². The van der Waals surface area contributed by atoms with Gasteiger partial charge in [-0.2, -0.15) is 8.42 Å². The molecule has 5 unspecified atom stereocenters. The zero-order chi connectivity index (χ0) is 25.0. The Balaban J connectivity index is 1.28. The van der Waals surface area contributed by atoms with Gasteiger partial charge in [0.25, 0.3) is 10.1 Å². The summed E-state index contributed by atoms with van der Waals surface area (Å²) in [5.74, 6) is 1.73. The van der Waals surface area contributed by atoms with Gasteiger partial charge in [-0.1, -0.05) is 43.2 Å². The van der Waals surface area contributed by atoms with Gasteiger partial charge in [0.1, 0.15) is 0 Å². The molecule has 0 aromatic heterocycles. The molecule has 35 heavy (non-hydrogen) atoms. The van der Waals surface area contributed by atoms with Gasteiger partial charge in [-0.05, 0) is 99.5 Å². The highest BCUT2D eigenvalue weighted by Crippen LogP contribution is 2.67. The monoisotopic (exact) mass is 502 g/mol. The Bertz CT molecular complexity index is 1060. The lowest BCUT2D eigenvalue weighted by Gasteiger charge is -2.44. The molecular formula is C29H42O5S. The first-order chi connectivity index (χ1) is 16.6. The molecule has 1 aromatic rings. The number of benzene rings is 1. The van der Waals surface area contributed by atoms with Crippen molar-refractivity contribution in [3.63, 3.8) is 0 Å². The van der Waals surface area contributed by atoms with Gasteiger partial charge >= 0.3 is 0 Å². The summed E-state index contributed by atoms with van der Waals surface area (Å²) in [7, 11) is -1.92. The zero-order valence-corrected chi connectivity index (χ0v) is 22.5. The Hall–Kier alpha value is -1.21. The van der Waals surface area contributed by atoms with Crippen LogP contribution in [-0.2, 0) is 19.0 Å². The second kappa shape index (κ2) is 9.27. The van der Waals surface area contributed by atoms with E-state index in [1.807, 2.05) is 14.0 Å². The molecule has 6 heteroatoms. The van der Waals surface area contributed by atoms with Crippen LogP contribution in [0.5, 0.6) is 0 Å². The number of hydrogen-bond acceptors (Lipinski definition) is 5. The highest BCUT2D eigenvalue weighted by molar-refractivity contribution is 7.86. The molecule has 1 aromatic carbocycles. The SMILES string of the molecule is COC(/C=C1\CCC[C@@]2(C)C1CCC2[C@H](C)COS(=O)(=O)c1ccc(C)cc1)C12CC1C[C@H](O)C2. The fraction of sp³-hybridized carbons (Fsp3) is 0.724. The van der Waals surface area contributed by atoms with Crippen molar-refractivity contribution in [1.82, 2.24) is 0 Å². The van der Waals surface area contributed by atoms with Crippen molar-refractivity contribution in [3.8, 4) is 0 Å². The van der Waals surface area contributed by atoms with Crippen LogP contribution in [0.4, 0.5) is 0 Å². The quantitative estimate of drug-likeness (QED) is 0.367. The lowest BCUT2D eigenvalue weighted by Crippen LogP contribution is -2.38. The third kappa shape index (κ3) is 4.54. The van der Waals surface area contributed by atoms with Crippen LogP contribution in [0.25, 0.3) is 0 Å². The van der Waals surface area contributed by atoms with E-state index in [0.717, 1.165) is 37.7 Å². The summed E-state index contributed by atoms with van der Waals surface area (Å²) >= 11 is 0. The number of aryl methyl sites for hydroxylation is 1. The summed E-state index contributed by atoms with van der Waals surface area (Å²) < 4.78 is 37.1. The first kappa shape index (κ1) is 25.4. The second-order valence-corrected chi connectivity index (χ2v) is 13.9. The number of hydrogen-bond donors (Lipinski definition) is 1. The molecule has 0 saturated heterocycles. The standard InChI is InChI=1S/C29H42O5S/c1-19-7-9-24(10-8-19)35(31,32)34-18-20(2)25-11-12-26-21(6-5-13-28(25,26)3)14-27(33-4)29-16-22(29)15-23(30)17-29/h7-10,14,20,22-23,25-27,30H,5-6,11-13,15-18H2,1-4H3/b21-14+/t20-,22?,23+,25?,26?,27?,28-,29?/m1/s1. The molecule has 8 atom stereocenters. The summed E-state index contributed by atoms with van der Waals surface area (Å²) in [6.45, 7) is 6.75. The fourth-order valence-corrected chi connectivity index (χ4v) is 9.25. The molecule has 4 aliphatic rings. The predicted octanol–water partition coefficient (Wildman–Crippen LogP) is 5.66. The second-order valence-electron chi connectivity index (χ2n) is 12.3. The van der Waals surface area contributed by atoms with E-state index in [1.54, 1.807) is 24.3 Å². The molecule has 0 radical (unpaired) electrons. The molecular weight excluding hydrogens is 460 g/mol. The molecule has 0 amide bonds. The molecule has 0 heterocycles. The number of rotatable bonds is 8. The number of ether oxygens (including phenoxy) is 1. The van der Waals surface area contributed by atoms with E-state index in [0.29, 0.717) is 17.8 Å². The smallest absolute Gasteiger partial charge is 0.296 e. The van der Waals surface area contributed by atoms with Crippen molar-refractivity contribution < 1.29 is 22.4 Å². The van der Waals surface area contributed by atoms with E-state index in [9.17, 15) is 13.5 Å². The van der Waals surface area contributed by atoms with Gasteiger partial charge < -0.3 is 9.84 Å². The lowest BCUT2D eigenvalue weighted by molar-refractivity contribution is 0.0532. The normalized spacial score (nSPS) is 39.3. The summed E-state index contributed by atoms with van der Waals surface area (Å²) in [4.78, 5) is 0.231. The summed E-state index contributed by atoms with van der Waals surface area (Å²) in [6, 6.07) is 6.86. The minimum absolute atomic E-state index is 0.0986. The number of aliphatic hydroxyl groups is 1. The van der Waals surface area contributed by atoms with Crippen molar-refractivity contribution in [3.05, 3.63) is 41.5 Å².